The molecule has 0 saturated carbocycles. The first-order valence-electron chi connectivity index (χ1n) is 5.12. The number of hydrogen-bond acceptors (Lipinski definition) is 3. The minimum atomic E-state index is 0.0256. The molecule has 4 heteroatoms. The van der Waals surface area contributed by atoms with Gasteiger partial charge in [-0.2, -0.15) is 0 Å². The fourth-order valence-electron chi connectivity index (χ4n) is 1.83. The predicted molar refractivity (Wildman–Crippen MR) is 55.7 cm³/mol. The molecule has 1 fully saturated rings. The van der Waals surface area contributed by atoms with Gasteiger partial charge in [-0.05, 0) is 12.8 Å². The largest absolute Gasteiger partial charge is 0.382 e. The smallest absolute Gasteiger partial charge is 0.181 e. The minimum Gasteiger partial charge on any atom is -0.382 e. The van der Waals surface area contributed by atoms with Gasteiger partial charge in [0.15, 0.2) is 5.43 Å². The van der Waals surface area contributed by atoms with E-state index < -0.39 is 0 Å². The predicted octanol–water partition coefficient (Wildman–Crippen LogP) is 1.17. The van der Waals surface area contributed by atoms with Crippen LogP contribution in [0, 0.1) is 0 Å². The SMILES string of the molecule is COCC1CCC(n2ccc(=O)cc2)O1. The minimum absolute atomic E-state index is 0.0256. The number of pyridine rings is 1. The molecule has 1 aliphatic heterocycles. The Morgan fingerprint density at radius 2 is 2.20 bits per heavy atom. The number of nitrogens with zero attached hydrogens (tertiary/aromatic N) is 1. The molecule has 2 heterocycles. The molecule has 2 rings (SSSR count). The summed E-state index contributed by atoms with van der Waals surface area (Å²) in [5.41, 5.74) is 0.0256. The van der Waals surface area contributed by atoms with Crippen LogP contribution in [0.4, 0.5) is 0 Å². The highest BCUT2D eigenvalue weighted by molar-refractivity contribution is 4.95. The van der Waals surface area contributed by atoms with Gasteiger partial charge in [0.25, 0.3) is 0 Å². The van der Waals surface area contributed by atoms with E-state index in [4.69, 9.17) is 9.47 Å². The lowest BCUT2D eigenvalue weighted by atomic mass is 10.2. The number of ether oxygens (including phenoxy) is 2. The van der Waals surface area contributed by atoms with Crippen molar-refractivity contribution >= 4 is 0 Å². The summed E-state index contributed by atoms with van der Waals surface area (Å²) in [6.45, 7) is 0.636. The summed E-state index contributed by atoms with van der Waals surface area (Å²) >= 11 is 0. The molecule has 0 N–H and O–H groups in total. The maximum Gasteiger partial charge on any atom is 0.181 e. The lowest BCUT2D eigenvalue weighted by Crippen LogP contribution is -2.16. The van der Waals surface area contributed by atoms with E-state index >= 15 is 0 Å². The highest BCUT2D eigenvalue weighted by atomic mass is 16.5. The molecule has 1 saturated heterocycles. The van der Waals surface area contributed by atoms with E-state index in [0.717, 1.165) is 12.8 Å². The van der Waals surface area contributed by atoms with E-state index in [1.165, 1.54) is 0 Å². The summed E-state index contributed by atoms with van der Waals surface area (Å²) in [5.74, 6) is 0. The van der Waals surface area contributed by atoms with Crippen molar-refractivity contribution in [1.82, 2.24) is 4.57 Å². The van der Waals surface area contributed by atoms with Crippen molar-refractivity contribution in [2.75, 3.05) is 13.7 Å². The highest BCUT2D eigenvalue weighted by Gasteiger charge is 2.25. The fourth-order valence-corrected chi connectivity index (χ4v) is 1.83. The van der Waals surface area contributed by atoms with Crippen LogP contribution in [-0.2, 0) is 9.47 Å². The van der Waals surface area contributed by atoms with Gasteiger partial charge in [-0.25, -0.2) is 0 Å². The molecule has 0 bridgehead atoms. The molecule has 15 heavy (non-hydrogen) atoms. The van der Waals surface area contributed by atoms with Gasteiger partial charge < -0.3 is 14.0 Å². The summed E-state index contributed by atoms with van der Waals surface area (Å²) in [4.78, 5) is 10.9. The Labute approximate surface area is 88.4 Å². The van der Waals surface area contributed by atoms with Crippen molar-refractivity contribution in [2.45, 2.75) is 25.2 Å². The lowest BCUT2D eigenvalue weighted by Gasteiger charge is -2.15. The lowest BCUT2D eigenvalue weighted by molar-refractivity contribution is -0.0317. The zero-order valence-corrected chi connectivity index (χ0v) is 8.76. The van der Waals surface area contributed by atoms with Gasteiger partial charge in [-0.3, -0.25) is 4.79 Å². The Morgan fingerprint density at radius 1 is 1.47 bits per heavy atom. The van der Waals surface area contributed by atoms with Gasteiger partial charge in [0.1, 0.15) is 6.23 Å². The number of hydrogen-bond donors (Lipinski definition) is 0. The van der Waals surface area contributed by atoms with Crippen LogP contribution in [0.25, 0.3) is 0 Å². The van der Waals surface area contributed by atoms with Crippen molar-refractivity contribution in [3.8, 4) is 0 Å². The van der Waals surface area contributed by atoms with E-state index in [2.05, 4.69) is 0 Å². The second-order valence-corrected chi connectivity index (χ2v) is 3.73. The number of rotatable bonds is 3. The molecule has 4 nitrogen and oxygen atoms in total. The molecule has 2 unspecified atom stereocenters. The Balaban J connectivity index is 2.01. The summed E-state index contributed by atoms with van der Waals surface area (Å²) in [6.07, 6.45) is 5.73. The van der Waals surface area contributed by atoms with Crippen LogP contribution >= 0.6 is 0 Å². The first-order chi connectivity index (χ1) is 7.29. The van der Waals surface area contributed by atoms with E-state index in [-0.39, 0.29) is 17.8 Å². The van der Waals surface area contributed by atoms with Crippen molar-refractivity contribution in [3.05, 3.63) is 34.7 Å². The van der Waals surface area contributed by atoms with Crippen LogP contribution in [0.1, 0.15) is 19.1 Å². The van der Waals surface area contributed by atoms with Gasteiger partial charge in [0, 0.05) is 31.6 Å². The summed E-state index contributed by atoms with van der Waals surface area (Å²) in [7, 11) is 1.68. The van der Waals surface area contributed by atoms with Crippen molar-refractivity contribution in [3.63, 3.8) is 0 Å². The monoisotopic (exact) mass is 209 g/mol. The van der Waals surface area contributed by atoms with Crippen LogP contribution in [0.15, 0.2) is 29.3 Å². The van der Waals surface area contributed by atoms with E-state index in [1.54, 1.807) is 31.6 Å². The molecule has 1 aromatic heterocycles. The summed E-state index contributed by atoms with van der Waals surface area (Å²) in [5, 5.41) is 0. The molecular formula is C11H15NO3. The quantitative estimate of drug-likeness (QED) is 0.750. The second-order valence-electron chi connectivity index (χ2n) is 3.73. The van der Waals surface area contributed by atoms with E-state index in [0.29, 0.717) is 6.61 Å². The molecule has 0 aromatic carbocycles. The molecular weight excluding hydrogens is 194 g/mol. The van der Waals surface area contributed by atoms with Gasteiger partial charge in [0.2, 0.25) is 0 Å². The maximum absolute atomic E-state index is 10.9. The average molecular weight is 209 g/mol. The van der Waals surface area contributed by atoms with Crippen LogP contribution < -0.4 is 5.43 Å². The van der Waals surface area contributed by atoms with Crippen molar-refractivity contribution < 1.29 is 9.47 Å². The van der Waals surface area contributed by atoms with Crippen LogP contribution in [0.3, 0.4) is 0 Å². The first-order valence-corrected chi connectivity index (χ1v) is 5.12. The van der Waals surface area contributed by atoms with Crippen LogP contribution in [0.5, 0.6) is 0 Å². The fraction of sp³-hybridized carbons (Fsp3) is 0.545. The second kappa shape index (κ2) is 4.59. The third kappa shape index (κ3) is 2.46. The Morgan fingerprint density at radius 3 is 2.87 bits per heavy atom. The molecule has 82 valence electrons. The van der Waals surface area contributed by atoms with Gasteiger partial charge in [-0.15, -0.1) is 0 Å². The molecule has 0 radical (unpaired) electrons. The Hall–Kier alpha value is -1.13. The maximum atomic E-state index is 10.9. The van der Waals surface area contributed by atoms with E-state index in [1.807, 2.05) is 4.57 Å². The Kier molecular flexibility index (Phi) is 3.18. The summed E-state index contributed by atoms with van der Waals surface area (Å²) < 4.78 is 12.7. The molecule has 0 amide bonds. The summed E-state index contributed by atoms with van der Waals surface area (Å²) in [6, 6.07) is 3.10. The molecule has 0 aliphatic carbocycles. The van der Waals surface area contributed by atoms with Gasteiger partial charge in [0.05, 0.1) is 12.7 Å². The standard InChI is InChI=1S/C11H15NO3/c1-14-8-10-2-3-11(15-10)12-6-4-9(13)5-7-12/h4-7,10-11H,2-3,8H2,1H3. The molecule has 1 aliphatic rings. The molecule has 2 atom stereocenters. The zero-order valence-electron chi connectivity index (χ0n) is 8.76. The van der Waals surface area contributed by atoms with E-state index in [9.17, 15) is 4.79 Å². The number of methoxy groups -OCH3 is 1. The van der Waals surface area contributed by atoms with Crippen molar-refractivity contribution in [1.29, 1.82) is 0 Å². The topological polar surface area (TPSA) is 40.5 Å². The third-order valence-corrected chi connectivity index (χ3v) is 2.59. The molecule has 1 aromatic rings. The third-order valence-electron chi connectivity index (χ3n) is 2.59. The van der Waals surface area contributed by atoms with Crippen molar-refractivity contribution in [2.24, 2.45) is 0 Å². The van der Waals surface area contributed by atoms with Gasteiger partial charge >= 0.3 is 0 Å². The molecule has 0 spiro atoms. The van der Waals surface area contributed by atoms with Crippen LogP contribution in [0.2, 0.25) is 0 Å². The average Bonchev–Trinajstić information content (AvgIpc) is 2.68. The zero-order chi connectivity index (χ0) is 10.7. The normalized spacial score (nSPS) is 25.7. The highest BCUT2D eigenvalue weighted by Crippen LogP contribution is 2.27. The first kappa shape index (κ1) is 10.4. The Bertz CT molecular complexity index is 354. The van der Waals surface area contributed by atoms with Crippen LogP contribution in [-0.4, -0.2) is 24.4 Å². The number of aromatic nitrogens is 1. The van der Waals surface area contributed by atoms with Gasteiger partial charge in [-0.1, -0.05) is 0 Å².